The van der Waals surface area contributed by atoms with Crippen molar-refractivity contribution in [2.75, 3.05) is 0 Å². The van der Waals surface area contributed by atoms with Gasteiger partial charge in [0.1, 0.15) is 0 Å². The van der Waals surface area contributed by atoms with E-state index >= 15 is 0 Å². The molecule has 86 valence electrons. The average Bonchev–Trinajstić information content (AvgIpc) is 2.81. The van der Waals surface area contributed by atoms with Crippen LogP contribution in [-0.2, 0) is 0 Å². The van der Waals surface area contributed by atoms with Gasteiger partial charge in [0.25, 0.3) is 0 Å². The predicted molar refractivity (Wildman–Crippen MR) is 62.5 cm³/mol. The minimum Gasteiger partial charge on any atom is -0.476 e. The van der Waals surface area contributed by atoms with Gasteiger partial charge >= 0.3 is 5.97 Å². The molecule has 0 saturated heterocycles. The molecule has 0 unspecified atom stereocenters. The molecule has 0 saturated carbocycles. The lowest BCUT2D eigenvalue weighted by Gasteiger charge is -1.95. The fourth-order valence-electron chi connectivity index (χ4n) is 1.61. The van der Waals surface area contributed by atoms with Crippen LogP contribution in [-0.4, -0.2) is 20.5 Å². The van der Waals surface area contributed by atoms with Crippen molar-refractivity contribution < 1.29 is 14.3 Å². The fraction of sp³-hybridized carbons (Fsp3) is 0. The van der Waals surface area contributed by atoms with E-state index < -0.39 is 11.8 Å². The lowest BCUT2D eigenvalue weighted by molar-refractivity contribution is 0.0691. The van der Waals surface area contributed by atoms with Crippen LogP contribution in [0.5, 0.6) is 0 Å². The molecule has 1 aromatic carbocycles. The van der Waals surface area contributed by atoms with Gasteiger partial charge in [-0.05, 0) is 12.1 Å². The van der Waals surface area contributed by atoms with Crippen LogP contribution in [0.1, 0.15) is 10.5 Å². The van der Waals surface area contributed by atoms with E-state index in [0.717, 1.165) is 11.3 Å². The van der Waals surface area contributed by atoms with Gasteiger partial charge in [-0.2, -0.15) is 0 Å². The van der Waals surface area contributed by atoms with Gasteiger partial charge in [-0.1, -0.05) is 22.9 Å². The third-order valence-corrected chi connectivity index (χ3v) is 3.73. The molecule has 2 aromatic heterocycles. The van der Waals surface area contributed by atoms with E-state index in [2.05, 4.69) is 4.98 Å². The Morgan fingerprint density at radius 2 is 2.29 bits per heavy atom. The Hall–Kier alpha value is -1.66. The summed E-state index contributed by atoms with van der Waals surface area (Å²) in [7, 11) is 0. The molecular weight excluding hydrogens is 267 g/mol. The summed E-state index contributed by atoms with van der Waals surface area (Å²) in [4.78, 5) is 15.1. The first-order valence-electron chi connectivity index (χ1n) is 4.57. The number of aromatic carboxylic acids is 1. The van der Waals surface area contributed by atoms with Crippen molar-refractivity contribution >= 4 is 44.1 Å². The molecule has 2 heterocycles. The Bertz CT molecular complexity index is 764. The number of benzene rings is 1. The number of hydrogen-bond acceptors (Lipinski definition) is 3. The number of nitrogens with zero attached hydrogens (tertiary/aromatic N) is 2. The van der Waals surface area contributed by atoms with E-state index in [1.54, 1.807) is 10.5 Å². The molecule has 1 N–H and O–H groups in total. The number of thiazole rings is 1. The number of halogens is 2. The van der Waals surface area contributed by atoms with Crippen LogP contribution in [0.25, 0.3) is 15.2 Å². The second-order valence-corrected chi connectivity index (χ2v) is 4.78. The van der Waals surface area contributed by atoms with Gasteiger partial charge in [-0.3, -0.25) is 4.40 Å². The number of aromatic nitrogens is 2. The van der Waals surface area contributed by atoms with Gasteiger partial charge in [-0.25, -0.2) is 14.2 Å². The van der Waals surface area contributed by atoms with Gasteiger partial charge in [0, 0.05) is 6.20 Å². The van der Waals surface area contributed by atoms with Crippen LogP contribution >= 0.6 is 22.9 Å². The molecule has 0 aliphatic carbocycles. The number of carboxylic acid groups (broad SMARTS) is 1. The fourth-order valence-corrected chi connectivity index (χ4v) is 2.87. The van der Waals surface area contributed by atoms with Crippen molar-refractivity contribution in [1.29, 1.82) is 0 Å². The van der Waals surface area contributed by atoms with E-state index in [-0.39, 0.29) is 10.7 Å². The highest BCUT2D eigenvalue weighted by Crippen LogP contribution is 2.32. The molecule has 0 amide bonds. The van der Waals surface area contributed by atoms with Gasteiger partial charge in [-0.15, -0.1) is 0 Å². The van der Waals surface area contributed by atoms with E-state index in [9.17, 15) is 9.18 Å². The second kappa shape index (κ2) is 3.41. The van der Waals surface area contributed by atoms with Crippen LogP contribution in [0.15, 0.2) is 18.3 Å². The standard InChI is InChI=1S/C10H4ClFN2O2S/c11-4-1-2-6-8(7(4)12)17-10-13-5(9(15)16)3-14(6)10/h1-3H,(H,15,16). The first kappa shape index (κ1) is 10.5. The van der Waals surface area contributed by atoms with Crippen molar-refractivity contribution in [2.24, 2.45) is 0 Å². The Labute approximate surface area is 103 Å². The molecule has 3 rings (SSSR count). The minimum atomic E-state index is -1.11. The van der Waals surface area contributed by atoms with Crippen LogP contribution in [0.2, 0.25) is 5.02 Å². The van der Waals surface area contributed by atoms with Crippen molar-refractivity contribution in [3.8, 4) is 0 Å². The average molecular weight is 271 g/mol. The summed E-state index contributed by atoms with van der Waals surface area (Å²) in [6, 6.07) is 3.07. The van der Waals surface area contributed by atoms with Gasteiger partial charge in [0.05, 0.1) is 15.2 Å². The zero-order valence-electron chi connectivity index (χ0n) is 8.15. The third kappa shape index (κ3) is 1.41. The number of carbonyl (C=O) groups is 1. The van der Waals surface area contributed by atoms with E-state index in [4.69, 9.17) is 16.7 Å². The largest absolute Gasteiger partial charge is 0.476 e. The molecule has 7 heteroatoms. The van der Waals surface area contributed by atoms with Crippen molar-refractivity contribution in [3.05, 3.63) is 34.9 Å². The Kier molecular flexibility index (Phi) is 2.11. The number of hydrogen-bond donors (Lipinski definition) is 1. The highest BCUT2D eigenvalue weighted by Gasteiger charge is 2.16. The molecule has 0 aliphatic rings. The van der Waals surface area contributed by atoms with Crippen LogP contribution in [0.4, 0.5) is 4.39 Å². The summed E-state index contributed by atoms with van der Waals surface area (Å²) in [5, 5.41) is 8.85. The number of carboxylic acids is 1. The maximum atomic E-state index is 13.7. The van der Waals surface area contributed by atoms with Crippen molar-refractivity contribution in [2.45, 2.75) is 0 Å². The minimum absolute atomic E-state index is 0.0421. The molecule has 0 aliphatic heterocycles. The summed E-state index contributed by atoms with van der Waals surface area (Å²) in [6.07, 6.45) is 1.36. The van der Waals surface area contributed by atoms with Crippen molar-refractivity contribution in [3.63, 3.8) is 0 Å². The van der Waals surface area contributed by atoms with Crippen LogP contribution < -0.4 is 0 Å². The summed E-state index contributed by atoms with van der Waals surface area (Å²) >= 11 is 6.74. The van der Waals surface area contributed by atoms with Gasteiger partial charge in [0.15, 0.2) is 16.5 Å². The maximum absolute atomic E-state index is 13.7. The van der Waals surface area contributed by atoms with Crippen molar-refractivity contribution in [1.82, 2.24) is 9.38 Å². The van der Waals surface area contributed by atoms with E-state index in [1.165, 1.54) is 12.3 Å². The second-order valence-electron chi connectivity index (χ2n) is 3.40. The Balaban J connectivity index is 2.42. The predicted octanol–water partition coefficient (Wildman–Crippen LogP) is 3.04. The van der Waals surface area contributed by atoms with Gasteiger partial charge < -0.3 is 5.11 Å². The first-order valence-corrected chi connectivity index (χ1v) is 5.76. The van der Waals surface area contributed by atoms with Crippen LogP contribution in [0.3, 0.4) is 0 Å². The lowest BCUT2D eigenvalue weighted by atomic mass is 10.3. The van der Waals surface area contributed by atoms with E-state index in [1.807, 2.05) is 0 Å². The smallest absolute Gasteiger partial charge is 0.356 e. The Morgan fingerprint density at radius 1 is 1.53 bits per heavy atom. The third-order valence-electron chi connectivity index (χ3n) is 2.37. The summed E-state index contributed by atoms with van der Waals surface area (Å²) < 4.78 is 15.6. The molecule has 4 nitrogen and oxygen atoms in total. The Morgan fingerprint density at radius 3 is 3.00 bits per heavy atom. The SMILES string of the molecule is O=C(O)c1cn2c(n1)sc1c(F)c(Cl)ccc12. The van der Waals surface area contributed by atoms with Gasteiger partial charge in [0.2, 0.25) is 0 Å². The molecule has 0 fully saturated rings. The lowest BCUT2D eigenvalue weighted by Crippen LogP contribution is -1.95. The maximum Gasteiger partial charge on any atom is 0.356 e. The molecule has 0 atom stereocenters. The normalized spacial score (nSPS) is 11.4. The highest BCUT2D eigenvalue weighted by atomic mass is 35.5. The summed E-state index contributed by atoms with van der Waals surface area (Å²) in [5.74, 6) is -1.61. The zero-order chi connectivity index (χ0) is 12.2. The number of imidazole rings is 1. The topological polar surface area (TPSA) is 54.6 Å². The quantitative estimate of drug-likeness (QED) is 0.739. The number of rotatable bonds is 1. The molecule has 17 heavy (non-hydrogen) atoms. The van der Waals surface area contributed by atoms with E-state index in [0.29, 0.717) is 15.2 Å². The molecular formula is C10H4ClFN2O2S. The monoisotopic (exact) mass is 270 g/mol. The molecule has 0 spiro atoms. The first-order chi connectivity index (χ1) is 8.08. The summed E-state index contributed by atoms with van der Waals surface area (Å²) in [6.45, 7) is 0. The molecule has 0 bridgehead atoms. The number of fused-ring (bicyclic) bond motifs is 3. The zero-order valence-corrected chi connectivity index (χ0v) is 9.72. The molecule has 0 radical (unpaired) electrons. The summed E-state index contributed by atoms with van der Waals surface area (Å²) in [5.41, 5.74) is 0.500. The highest BCUT2D eigenvalue weighted by molar-refractivity contribution is 7.23. The van der Waals surface area contributed by atoms with Crippen LogP contribution in [0, 0.1) is 5.82 Å². The molecule has 3 aromatic rings.